The first-order chi connectivity index (χ1) is 11.3. The van der Waals surface area contributed by atoms with Gasteiger partial charge in [0.15, 0.2) is 6.61 Å². The minimum absolute atomic E-state index is 0.0793. The van der Waals surface area contributed by atoms with E-state index in [2.05, 4.69) is 9.72 Å². The monoisotopic (exact) mass is 340 g/mol. The maximum absolute atomic E-state index is 12.2. The zero-order valence-electron chi connectivity index (χ0n) is 12.0. The molecule has 0 bridgehead atoms. The van der Waals surface area contributed by atoms with E-state index in [4.69, 9.17) is 10.5 Å². The Bertz CT molecular complexity index is 745. The van der Waals surface area contributed by atoms with Crippen molar-refractivity contribution in [3.8, 4) is 11.6 Å². The summed E-state index contributed by atoms with van der Waals surface area (Å²) in [6.45, 7) is -1.59. The molecule has 2 rings (SSSR count). The number of esters is 1. The van der Waals surface area contributed by atoms with Crippen molar-refractivity contribution in [3.05, 3.63) is 53.7 Å². The summed E-state index contributed by atoms with van der Waals surface area (Å²) in [4.78, 5) is 26.6. The second-order valence-corrected chi connectivity index (χ2v) is 4.54. The number of pyridine rings is 1. The molecule has 0 spiro atoms. The molecule has 9 heteroatoms. The van der Waals surface area contributed by atoms with Gasteiger partial charge in [-0.2, -0.15) is 13.2 Å². The Morgan fingerprint density at radius 3 is 2.38 bits per heavy atom. The van der Waals surface area contributed by atoms with Crippen molar-refractivity contribution in [2.75, 3.05) is 6.61 Å². The molecule has 0 aliphatic heterocycles. The standard InChI is InChI=1S/C15H11F3N2O4/c16-15(17,18)8-23-13-11(2-1-7-20-13)14(22)24-10-5-3-9(4-6-10)12(19)21/h1-7H,8H2,(H2,19,21). The van der Waals surface area contributed by atoms with Gasteiger partial charge in [0.25, 0.3) is 0 Å². The van der Waals surface area contributed by atoms with Crippen LogP contribution < -0.4 is 15.2 Å². The van der Waals surface area contributed by atoms with Crippen LogP contribution in [0.25, 0.3) is 0 Å². The van der Waals surface area contributed by atoms with Gasteiger partial charge in [0.1, 0.15) is 11.3 Å². The highest BCUT2D eigenvalue weighted by molar-refractivity contribution is 5.94. The van der Waals surface area contributed by atoms with E-state index in [1.807, 2.05) is 0 Å². The summed E-state index contributed by atoms with van der Waals surface area (Å²) in [6.07, 6.45) is -3.38. The minimum Gasteiger partial charge on any atom is -0.467 e. The van der Waals surface area contributed by atoms with Gasteiger partial charge in [0.05, 0.1) is 0 Å². The van der Waals surface area contributed by atoms with Gasteiger partial charge in [0, 0.05) is 11.8 Å². The number of nitrogens with two attached hydrogens (primary N) is 1. The molecule has 6 nitrogen and oxygen atoms in total. The molecule has 0 unspecified atom stereocenters. The van der Waals surface area contributed by atoms with Crippen LogP contribution in [0.15, 0.2) is 42.6 Å². The molecule has 0 aliphatic carbocycles. The molecule has 2 aromatic rings. The summed E-state index contributed by atoms with van der Waals surface area (Å²) < 4.78 is 46.2. The van der Waals surface area contributed by atoms with Gasteiger partial charge in [-0.3, -0.25) is 4.79 Å². The van der Waals surface area contributed by atoms with Gasteiger partial charge >= 0.3 is 12.1 Å². The Morgan fingerprint density at radius 1 is 1.12 bits per heavy atom. The van der Waals surface area contributed by atoms with Gasteiger partial charge in [-0.15, -0.1) is 0 Å². The van der Waals surface area contributed by atoms with Gasteiger partial charge in [-0.25, -0.2) is 9.78 Å². The molecule has 2 N–H and O–H groups in total. The molecule has 126 valence electrons. The largest absolute Gasteiger partial charge is 0.467 e. The zero-order valence-corrected chi connectivity index (χ0v) is 12.0. The molecule has 24 heavy (non-hydrogen) atoms. The van der Waals surface area contributed by atoms with Crippen molar-refractivity contribution in [2.45, 2.75) is 6.18 Å². The van der Waals surface area contributed by atoms with E-state index in [1.165, 1.54) is 42.6 Å². The molecule has 1 aromatic heterocycles. The highest BCUT2D eigenvalue weighted by Crippen LogP contribution is 2.22. The van der Waals surface area contributed by atoms with Crippen LogP contribution in [-0.4, -0.2) is 29.6 Å². The van der Waals surface area contributed by atoms with Crippen LogP contribution in [-0.2, 0) is 0 Å². The third kappa shape index (κ3) is 4.70. The van der Waals surface area contributed by atoms with E-state index in [-0.39, 0.29) is 16.9 Å². The molecule has 1 amide bonds. The van der Waals surface area contributed by atoms with Crippen LogP contribution in [0.4, 0.5) is 13.2 Å². The Hall–Kier alpha value is -3.10. The summed E-state index contributed by atoms with van der Waals surface area (Å²) in [7, 11) is 0. The van der Waals surface area contributed by atoms with Crippen LogP contribution in [0.5, 0.6) is 11.6 Å². The molecular formula is C15H11F3N2O4. The molecule has 0 radical (unpaired) electrons. The highest BCUT2D eigenvalue weighted by atomic mass is 19.4. The first-order valence-electron chi connectivity index (χ1n) is 6.53. The van der Waals surface area contributed by atoms with Crippen molar-refractivity contribution in [3.63, 3.8) is 0 Å². The lowest BCUT2D eigenvalue weighted by molar-refractivity contribution is -0.154. The van der Waals surface area contributed by atoms with Crippen LogP contribution in [0.2, 0.25) is 0 Å². The third-order valence-corrected chi connectivity index (χ3v) is 2.71. The van der Waals surface area contributed by atoms with E-state index in [0.29, 0.717) is 0 Å². The molecular weight excluding hydrogens is 329 g/mol. The molecule has 0 fully saturated rings. The fourth-order valence-electron chi connectivity index (χ4n) is 1.66. The molecule has 1 aromatic carbocycles. The van der Waals surface area contributed by atoms with Crippen molar-refractivity contribution >= 4 is 11.9 Å². The smallest absolute Gasteiger partial charge is 0.422 e. The predicted molar refractivity (Wildman–Crippen MR) is 75.7 cm³/mol. The second-order valence-electron chi connectivity index (χ2n) is 4.54. The van der Waals surface area contributed by atoms with E-state index in [9.17, 15) is 22.8 Å². The van der Waals surface area contributed by atoms with Gasteiger partial charge in [-0.05, 0) is 36.4 Å². The molecule has 1 heterocycles. The first kappa shape index (κ1) is 17.3. The summed E-state index contributed by atoms with van der Waals surface area (Å²) in [6, 6.07) is 7.91. The average molecular weight is 340 g/mol. The number of rotatable bonds is 5. The van der Waals surface area contributed by atoms with Gasteiger partial charge in [-0.1, -0.05) is 0 Å². The molecule has 0 atom stereocenters. The Balaban J connectivity index is 2.13. The number of primary amides is 1. The lowest BCUT2D eigenvalue weighted by atomic mass is 10.2. The fraction of sp³-hybridized carbons (Fsp3) is 0.133. The third-order valence-electron chi connectivity index (χ3n) is 2.71. The van der Waals surface area contributed by atoms with Crippen LogP contribution in [0, 0.1) is 0 Å². The van der Waals surface area contributed by atoms with E-state index >= 15 is 0 Å². The maximum Gasteiger partial charge on any atom is 0.422 e. The van der Waals surface area contributed by atoms with Crippen LogP contribution in [0.1, 0.15) is 20.7 Å². The molecule has 0 saturated carbocycles. The number of benzene rings is 1. The maximum atomic E-state index is 12.2. The number of hydrogen-bond acceptors (Lipinski definition) is 5. The lowest BCUT2D eigenvalue weighted by Crippen LogP contribution is -2.21. The van der Waals surface area contributed by atoms with Gasteiger partial charge < -0.3 is 15.2 Å². The average Bonchev–Trinajstić information content (AvgIpc) is 2.53. The normalized spacial score (nSPS) is 11.0. The SMILES string of the molecule is NC(=O)c1ccc(OC(=O)c2cccnc2OCC(F)(F)F)cc1. The van der Waals surface area contributed by atoms with Crippen molar-refractivity contribution in [1.29, 1.82) is 0 Å². The Kier molecular flexibility index (Phi) is 5.02. The topological polar surface area (TPSA) is 91.5 Å². The molecule has 0 saturated heterocycles. The zero-order chi connectivity index (χ0) is 17.7. The van der Waals surface area contributed by atoms with E-state index in [0.717, 1.165) is 0 Å². The second kappa shape index (κ2) is 6.99. The van der Waals surface area contributed by atoms with Crippen molar-refractivity contribution < 1.29 is 32.2 Å². The van der Waals surface area contributed by atoms with Crippen LogP contribution in [0.3, 0.4) is 0 Å². The number of nitrogens with zero attached hydrogens (tertiary/aromatic N) is 1. The number of ether oxygens (including phenoxy) is 2. The first-order valence-corrected chi connectivity index (χ1v) is 6.53. The minimum atomic E-state index is -4.57. The summed E-state index contributed by atoms with van der Waals surface area (Å²) in [5, 5.41) is 0. The molecule has 0 aliphatic rings. The number of halogens is 3. The van der Waals surface area contributed by atoms with Crippen LogP contribution >= 0.6 is 0 Å². The predicted octanol–water partition coefficient (Wildman–Crippen LogP) is 2.34. The number of amides is 1. The van der Waals surface area contributed by atoms with E-state index in [1.54, 1.807) is 0 Å². The number of aromatic nitrogens is 1. The Labute approximate surface area is 134 Å². The van der Waals surface area contributed by atoms with Crippen molar-refractivity contribution in [2.24, 2.45) is 5.73 Å². The number of carbonyl (C=O) groups is 2. The summed E-state index contributed by atoms with van der Waals surface area (Å²) in [5.41, 5.74) is 5.03. The number of alkyl halides is 3. The quantitative estimate of drug-likeness (QED) is 0.666. The highest BCUT2D eigenvalue weighted by Gasteiger charge is 2.29. The van der Waals surface area contributed by atoms with Crippen molar-refractivity contribution in [1.82, 2.24) is 4.98 Å². The lowest BCUT2D eigenvalue weighted by Gasteiger charge is -2.11. The summed E-state index contributed by atoms with van der Waals surface area (Å²) >= 11 is 0. The van der Waals surface area contributed by atoms with Gasteiger partial charge in [0.2, 0.25) is 11.8 Å². The number of hydrogen-bond donors (Lipinski definition) is 1. The number of carbonyl (C=O) groups excluding carboxylic acids is 2. The summed E-state index contributed by atoms with van der Waals surface area (Å²) in [5.74, 6) is -2.01. The van der Waals surface area contributed by atoms with E-state index < -0.39 is 30.5 Å². The Morgan fingerprint density at radius 2 is 1.79 bits per heavy atom. The fourth-order valence-corrected chi connectivity index (χ4v) is 1.66.